The number of nitrogens with one attached hydrogen (secondary N) is 2. The highest BCUT2D eigenvalue weighted by Crippen LogP contribution is 2.21. The SMILES string of the molecule is C=C1CCC(N2C(=O)C=C(NCC(=O)OCC)C2=O)C(=O)N1. The van der Waals surface area contributed by atoms with Crippen LogP contribution in [-0.2, 0) is 23.9 Å². The second-order valence-electron chi connectivity index (χ2n) is 4.88. The van der Waals surface area contributed by atoms with E-state index in [4.69, 9.17) is 4.74 Å². The molecule has 3 amide bonds. The van der Waals surface area contributed by atoms with Crippen LogP contribution in [0.15, 0.2) is 24.0 Å². The topological polar surface area (TPSA) is 105 Å². The van der Waals surface area contributed by atoms with Crippen LogP contribution in [0.4, 0.5) is 0 Å². The van der Waals surface area contributed by atoms with Gasteiger partial charge in [-0.3, -0.25) is 24.1 Å². The van der Waals surface area contributed by atoms with Crippen molar-refractivity contribution in [1.29, 1.82) is 0 Å². The second-order valence-corrected chi connectivity index (χ2v) is 4.88. The van der Waals surface area contributed by atoms with Crippen molar-refractivity contribution in [2.45, 2.75) is 25.8 Å². The largest absolute Gasteiger partial charge is 0.465 e. The molecule has 1 atom stereocenters. The van der Waals surface area contributed by atoms with E-state index < -0.39 is 29.7 Å². The maximum absolute atomic E-state index is 12.2. The number of imide groups is 1. The number of carbonyl (C=O) groups is 4. The number of rotatable bonds is 5. The van der Waals surface area contributed by atoms with Crippen LogP contribution in [-0.4, -0.2) is 47.8 Å². The lowest BCUT2D eigenvalue weighted by Gasteiger charge is -2.29. The Balaban J connectivity index is 2.01. The molecule has 2 rings (SSSR count). The number of amides is 3. The lowest BCUT2D eigenvalue weighted by Crippen LogP contribution is -2.52. The molecule has 0 bridgehead atoms. The summed E-state index contributed by atoms with van der Waals surface area (Å²) in [6.45, 7) is 5.32. The molecule has 2 aliphatic rings. The molecule has 0 saturated carbocycles. The number of ether oxygens (including phenoxy) is 1. The van der Waals surface area contributed by atoms with E-state index in [2.05, 4.69) is 17.2 Å². The van der Waals surface area contributed by atoms with Crippen molar-refractivity contribution in [2.24, 2.45) is 0 Å². The third-order valence-corrected chi connectivity index (χ3v) is 3.32. The van der Waals surface area contributed by atoms with Gasteiger partial charge < -0.3 is 15.4 Å². The first-order valence-corrected chi connectivity index (χ1v) is 6.91. The van der Waals surface area contributed by atoms with E-state index in [0.717, 1.165) is 11.0 Å². The number of hydrogen-bond acceptors (Lipinski definition) is 6. The van der Waals surface area contributed by atoms with Gasteiger partial charge in [-0.2, -0.15) is 0 Å². The Morgan fingerprint density at radius 3 is 2.86 bits per heavy atom. The summed E-state index contributed by atoms with van der Waals surface area (Å²) in [5.41, 5.74) is 0.546. The van der Waals surface area contributed by atoms with E-state index in [9.17, 15) is 19.2 Å². The zero-order chi connectivity index (χ0) is 16.3. The molecule has 118 valence electrons. The first kappa shape index (κ1) is 15.7. The monoisotopic (exact) mass is 307 g/mol. The molecule has 0 spiro atoms. The van der Waals surface area contributed by atoms with Crippen molar-refractivity contribution in [3.05, 3.63) is 24.0 Å². The molecule has 0 aliphatic carbocycles. The van der Waals surface area contributed by atoms with Crippen molar-refractivity contribution in [1.82, 2.24) is 15.5 Å². The maximum Gasteiger partial charge on any atom is 0.325 e. The van der Waals surface area contributed by atoms with Crippen molar-refractivity contribution in [3.63, 3.8) is 0 Å². The van der Waals surface area contributed by atoms with E-state index in [1.54, 1.807) is 6.92 Å². The van der Waals surface area contributed by atoms with Gasteiger partial charge in [0.1, 0.15) is 18.3 Å². The minimum atomic E-state index is -0.858. The van der Waals surface area contributed by atoms with Crippen LogP contribution < -0.4 is 10.6 Å². The van der Waals surface area contributed by atoms with Crippen LogP contribution in [0.2, 0.25) is 0 Å². The molecule has 0 radical (unpaired) electrons. The molecule has 8 nitrogen and oxygen atoms in total. The second kappa shape index (κ2) is 6.42. The molecule has 0 aromatic carbocycles. The Hall–Kier alpha value is -2.64. The normalized spacial score (nSPS) is 21.6. The van der Waals surface area contributed by atoms with Crippen molar-refractivity contribution >= 4 is 23.7 Å². The Morgan fingerprint density at radius 1 is 1.50 bits per heavy atom. The molecule has 1 fully saturated rings. The van der Waals surface area contributed by atoms with Crippen LogP contribution >= 0.6 is 0 Å². The summed E-state index contributed by atoms with van der Waals surface area (Å²) in [6, 6.07) is -0.858. The highest BCUT2D eigenvalue weighted by atomic mass is 16.5. The van der Waals surface area contributed by atoms with Crippen LogP contribution in [0.1, 0.15) is 19.8 Å². The summed E-state index contributed by atoms with van der Waals surface area (Å²) in [7, 11) is 0. The lowest BCUT2D eigenvalue weighted by atomic mass is 10.0. The summed E-state index contributed by atoms with van der Waals surface area (Å²) in [4.78, 5) is 48.3. The van der Waals surface area contributed by atoms with E-state index >= 15 is 0 Å². The van der Waals surface area contributed by atoms with Crippen LogP contribution in [0.5, 0.6) is 0 Å². The zero-order valence-corrected chi connectivity index (χ0v) is 12.2. The summed E-state index contributed by atoms with van der Waals surface area (Å²) < 4.78 is 4.72. The van der Waals surface area contributed by atoms with Crippen LogP contribution in [0, 0.1) is 0 Å². The predicted molar refractivity (Wildman–Crippen MR) is 74.9 cm³/mol. The van der Waals surface area contributed by atoms with Gasteiger partial charge in [0.05, 0.1) is 6.61 Å². The molecule has 2 aliphatic heterocycles. The lowest BCUT2D eigenvalue weighted by molar-refractivity contribution is -0.146. The Morgan fingerprint density at radius 2 is 2.23 bits per heavy atom. The van der Waals surface area contributed by atoms with Crippen molar-refractivity contribution < 1.29 is 23.9 Å². The predicted octanol–water partition coefficient (Wildman–Crippen LogP) is -0.816. The van der Waals surface area contributed by atoms with Gasteiger partial charge in [-0.05, 0) is 19.8 Å². The Kier molecular flexibility index (Phi) is 4.59. The molecule has 2 N–H and O–H groups in total. The van der Waals surface area contributed by atoms with Gasteiger partial charge in [-0.1, -0.05) is 6.58 Å². The molecular weight excluding hydrogens is 290 g/mol. The number of allylic oxidation sites excluding steroid dienone is 1. The van der Waals surface area contributed by atoms with Crippen LogP contribution in [0.3, 0.4) is 0 Å². The van der Waals surface area contributed by atoms with E-state index in [1.165, 1.54) is 0 Å². The maximum atomic E-state index is 12.2. The minimum absolute atomic E-state index is 0.0183. The first-order chi connectivity index (χ1) is 10.4. The fraction of sp³-hybridized carbons (Fsp3) is 0.429. The molecule has 22 heavy (non-hydrogen) atoms. The average molecular weight is 307 g/mol. The molecule has 1 saturated heterocycles. The number of piperidine rings is 1. The van der Waals surface area contributed by atoms with Gasteiger partial charge in [0.15, 0.2) is 0 Å². The highest BCUT2D eigenvalue weighted by molar-refractivity contribution is 6.18. The van der Waals surface area contributed by atoms with E-state index in [-0.39, 0.29) is 18.8 Å². The molecule has 1 unspecified atom stereocenters. The quantitative estimate of drug-likeness (QED) is 0.508. The van der Waals surface area contributed by atoms with Crippen molar-refractivity contribution in [2.75, 3.05) is 13.2 Å². The third kappa shape index (κ3) is 3.16. The third-order valence-electron chi connectivity index (χ3n) is 3.32. The fourth-order valence-electron chi connectivity index (χ4n) is 2.29. The molecule has 0 aromatic heterocycles. The smallest absolute Gasteiger partial charge is 0.325 e. The number of esters is 1. The number of carbonyl (C=O) groups excluding carboxylic acids is 4. The molecular formula is C14H17N3O5. The molecule has 8 heteroatoms. The first-order valence-electron chi connectivity index (χ1n) is 6.91. The fourth-order valence-corrected chi connectivity index (χ4v) is 2.29. The van der Waals surface area contributed by atoms with Gasteiger partial charge in [-0.15, -0.1) is 0 Å². The number of nitrogens with zero attached hydrogens (tertiary/aromatic N) is 1. The van der Waals surface area contributed by atoms with E-state index in [0.29, 0.717) is 18.5 Å². The highest BCUT2D eigenvalue weighted by Gasteiger charge is 2.41. The average Bonchev–Trinajstić information content (AvgIpc) is 2.72. The molecule has 2 heterocycles. The van der Waals surface area contributed by atoms with Gasteiger partial charge in [0.2, 0.25) is 5.91 Å². The van der Waals surface area contributed by atoms with Gasteiger partial charge in [0, 0.05) is 11.8 Å². The van der Waals surface area contributed by atoms with Crippen LogP contribution in [0.25, 0.3) is 0 Å². The zero-order valence-electron chi connectivity index (χ0n) is 12.2. The summed E-state index contributed by atoms with van der Waals surface area (Å²) in [5, 5.41) is 5.10. The summed E-state index contributed by atoms with van der Waals surface area (Å²) >= 11 is 0. The van der Waals surface area contributed by atoms with Gasteiger partial charge >= 0.3 is 5.97 Å². The Bertz CT molecular complexity index is 581. The van der Waals surface area contributed by atoms with Gasteiger partial charge in [0.25, 0.3) is 11.8 Å². The number of hydrogen-bond donors (Lipinski definition) is 2. The van der Waals surface area contributed by atoms with Gasteiger partial charge in [-0.25, -0.2) is 0 Å². The summed E-state index contributed by atoms with van der Waals surface area (Å²) in [6.07, 6.45) is 1.92. The summed E-state index contributed by atoms with van der Waals surface area (Å²) in [5.74, 6) is -2.17. The van der Waals surface area contributed by atoms with E-state index in [1.807, 2.05) is 0 Å². The Labute approximate surface area is 127 Å². The van der Waals surface area contributed by atoms with Crippen molar-refractivity contribution in [3.8, 4) is 0 Å². The standard InChI is InChI=1S/C14H17N3O5/c1-3-22-12(19)7-15-9-6-11(18)17(14(9)21)10-5-4-8(2)16-13(10)20/h6,10,15H,2-5,7H2,1H3,(H,16,20). The molecule has 0 aromatic rings. The minimum Gasteiger partial charge on any atom is -0.465 e.